The van der Waals surface area contributed by atoms with E-state index in [1.165, 1.54) is 5.56 Å². The van der Waals surface area contributed by atoms with Crippen molar-refractivity contribution in [2.75, 3.05) is 11.9 Å². The predicted molar refractivity (Wildman–Crippen MR) is 90.5 cm³/mol. The molecule has 116 valence electrons. The van der Waals surface area contributed by atoms with Crippen molar-refractivity contribution < 1.29 is 9.53 Å². The molecule has 2 rings (SSSR count). The van der Waals surface area contributed by atoms with Crippen molar-refractivity contribution in [2.45, 2.75) is 27.2 Å². The average molecular weight is 297 g/mol. The number of aryl methyl sites for hydroxylation is 1. The zero-order chi connectivity index (χ0) is 15.9. The monoisotopic (exact) mass is 297 g/mol. The average Bonchev–Trinajstić information content (AvgIpc) is 2.54. The van der Waals surface area contributed by atoms with E-state index < -0.39 is 0 Å². The molecule has 0 atom stereocenters. The highest BCUT2D eigenvalue weighted by Crippen LogP contribution is 2.15. The number of ether oxygens (including phenoxy) is 1. The fraction of sp³-hybridized carbons (Fsp3) is 0.316. The predicted octanol–water partition coefficient (Wildman–Crippen LogP) is 4.54. The Balaban J connectivity index is 1.96. The van der Waals surface area contributed by atoms with Crippen LogP contribution in [0.25, 0.3) is 0 Å². The van der Waals surface area contributed by atoms with Crippen LogP contribution in [0.4, 0.5) is 5.69 Å². The highest BCUT2D eigenvalue weighted by molar-refractivity contribution is 6.04. The number of carbonyl (C=O) groups excluding carboxylic acids is 1. The van der Waals surface area contributed by atoms with Crippen LogP contribution in [0.1, 0.15) is 36.7 Å². The molecule has 0 bridgehead atoms. The van der Waals surface area contributed by atoms with Crippen LogP contribution in [0.5, 0.6) is 5.75 Å². The van der Waals surface area contributed by atoms with Gasteiger partial charge in [-0.1, -0.05) is 32.9 Å². The third-order valence-corrected chi connectivity index (χ3v) is 3.32. The number of hydrogen-bond acceptors (Lipinski definition) is 2. The van der Waals surface area contributed by atoms with Crippen molar-refractivity contribution in [2.24, 2.45) is 5.92 Å². The number of rotatable bonds is 6. The third-order valence-electron chi connectivity index (χ3n) is 3.32. The quantitative estimate of drug-likeness (QED) is 0.850. The summed E-state index contributed by atoms with van der Waals surface area (Å²) in [7, 11) is 0. The topological polar surface area (TPSA) is 38.3 Å². The first-order chi connectivity index (χ1) is 10.6. The highest BCUT2D eigenvalue weighted by Gasteiger charge is 2.06. The third kappa shape index (κ3) is 4.62. The molecular weight excluding hydrogens is 274 g/mol. The van der Waals surface area contributed by atoms with Crippen LogP contribution >= 0.6 is 0 Å². The van der Waals surface area contributed by atoms with E-state index in [0.717, 1.165) is 17.9 Å². The molecule has 0 aromatic heterocycles. The second kappa shape index (κ2) is 7.64. The van der Waals surface area contributed by atoms with Crippen molar-refractivity contribution in [3.63, 3.8) is 0 Å². The summed E-state index contributed by atoms with van der Waals surface area (Å²) in [4.78, 5) is 12.2. The van der Waals surface area contributed by atoms with E-state index in [1.807, 2.05) is 36.4 Å². The van der Waals surface area contributed by atoms with E-state index in [9.17, 15) is 4.79 Å². The van der Waals surface area contributed by atoms with Gasteiger partial charge in [-0.25, -0.2) is 0 Å². The van der Waals surface area contributed by atoms with E-state index in [-0.39, 0.29) is 5.91 Å². The van der Waals surface area contributed by atoms with Crippen molar-refractivity contribution in [3.05, 3.63) is 59.7 Å². The minimum absolute atomic E-state index is 0.111. The lowest BCUT2D eigenvalue weighted by molar-refractivity contribution is 0.102. The Morgan fingerprint density at radius 2 is 1.68 bits per heavy atom. The number of hydrogen-bond donors (Lipinski definition) is 1. The Bertz CT molecular complexity index is 600. The Labute approximate surface area is 132 Å². The molecular formula is C19H23NO2. The molecule has 0 aliphatic heterocycles. The lowest BCUT2D eigenvalue weighted by atomic mass is 10.1. The smallest absolute Gasteiger partial charge is 0.255 e. The maximum absolute atomic E-state index is 12.2. The molecule has 0 saturated heterocycles. The van der Waals surface area contributed by atoms with Crippen LogP contribution < -0.4 is 10.1 Å². The molecule has 0 aliphatic carbocycles. The number of nitrogens with one attached hydrogen (secondary N) is 1. The molecule has 0 heterocycles. The fourth-order valence-corrected chi connectivity index (χ4v) is 1.99. The molecule has 0 unspecified atom stereocenters. The molecule has 1 amide bonds. The standard InChI is InChI=1S/C19H23NO2/c1-4-15-5-9-17(10-6-15)20-19(21)16-7-11-18(12-8-16)22-13-14(2)3/h5-12,14H,4,13H2,1-3H3,(H,20,21). The lowest BCUT2D eigenvalue weighted by Gasteiger charge is -2.09. The summed E-state index contributed by atoms with van der Waals surface area (Å²) < 4.78 is 5.61. The Hall–Kier alpha value is -2.29. The molecule has 22 heavy (non-hydrogen) atoms. The summed E-state index contributed by atoms with van der Waals surface area (Å²) in [6, 6.07) is 15.1. The van der Waals surface area contributed by atoms with Crippen LogP contribution in [0.3, 0.4) is 0 Å². The van der Waals surface area contributed by atoms with Crippen LogP contribution in [0, 0.1) is 5.92 Å². The molecule has 2 aromatic carbocycles. The molecule has 0 fully saturated rings. The van der Waals surface area contributed by atoms with Crippen molar-refractivity contribution in [1.29, 1.82) is 0 Å². The SMILES string of the molecule is CCc1ccc(NC(=O)c2ccc(OCC(C)C)cc2)cc1. The highest BCUT2D eigenvalue weighted by atomic mass is 16.5. The van der Waals surface area contributed by atoms with E-state index in [0.29, 0.717) is 18.1 Å². The van der Waals surface area contributed by atoms with Crippen molar-refractivity contribution in [3.8, 4) is 5.75 Å². The van der Waals surface area contributed by atoms with Gasteiger partial charge in [-0.2, -0.15) is 0 Å². The van der Waals surface area contributed by atoms with E-state index in [1.54, 1.807) is 12.1 Å². The van der Waals surface area contributed by atoms with E-state index >= 15 is 0 Å². The summed E-state index contributed by atoms with van der Waals surface area (Å²) in [5.74, 6) is 1.16. The van der Waals surface area contributed by atoms with E-state index in [2.05, 4.69) is 26.1 Å². The summed E-state index contributed by atoms with van der Waals surface area (Å²) in [6.45, 7) is 6.99. The lowest BCUT2D eigenvalue weighted by Crippen LogP contribution is -2.12. The van der Waals surface area contributed by atoms with Gasteiger partial charge in [0.05, 0.1) is 6.61 Å². The summed E-state index contributed by atoms with van der Waals surface area (Å²) >= 11 is 0. The zero-order valence-electron chi connectivity index (χ0n) is 13.4. The maximum atomic E-state index is 12.2. The second-order valence-electron chi connectivity index (χ2n) is 5.73. The molecule has 3 nitrogen and oxygen atoms in total. The first kappa shape index (κ1) is 16.1. The molecule has 0 spiro atoms. The second-order valence-corrected chi connectivity index (χ2v) is 5.73. The van der Waals surface area contributed by atoms with Gasteiger partial charge in [0.15, 0.2) is 0 Å². The van der Waals surface area contributed by atoms with Crippen LogP contribution in [0.15, 0.2) is 48.5 Å². The van der Waals surface area contributed by atoms with Gasteiger partial charge >= 0.3 is 0 Å². The first-order valence-corrected chi connectivity index (χ1v) is 7.71. The van der Waals surface area contributed by atoms with Gasteiger partial charge in [-0.3, -0.25) is 4.79 Å². The maximum Gasteiger partial charge on any atom is 0.255 e. The molecule has 0 saturated carbocycles. The first-order valence-electron chi connectivity index (χ1n) is 7.71. The number of carbonyl (C=O) groups is 1. The van der Waals surface area contributed by atoms with E-state index in [4.69, 9.17) is 4.74 Å². The molecule has 1 N–H and O–H groups in total. The molecule has 0 aliphatic rings. The molecule has 2 aromatic rings. The van der Waals surface area contributed by atoms with Crippen molar-refractivity contribution in [1.82, 2.24) is 0 Å². The Kier molecular flexibility index (Phi) is 5.59. The van der Waals surface area contributed by atoms with Gasteiger partial charge in [0.25, 0.3) is 5.91 Å². The van der Waals surface area contributed by atoms with Crippen LogP contribution in [0.2, 0.25) is 0 Å². The minimum atomic E-state index is -0.111. The zero-order valence-corrected chi connectivity index (χ0v) is 13.4. The molecule has 3 heteroatoms. The Morgan fingerprint density at radius 3 is 2.23 bits per heavy atom. The van der Waals surface area contributed by atoms with Crippen LogP contribution in [-0.4, -0.2) is 12.5 Å². The van der Waals surface area contributed by atoms with Gasteiger partial charge in [0.1, 0.15) is 5.75 Å². The normalized spacial score (nSPS) is 10.5. The molecule has 0 radical (unpaired) electrons. The fourth-order valence-electron chi connectivity index (χ4n) is 1.99. The van der Waals surface area contributed by atoms with Crippen molar-refractivity contribution >= 4 is 11.6 Å². The van der Waals surface area contributed by atoms with Gasteiger partial charge < -0.3 is 10.1 Å². The van der Waals surface area contributed by atoms with Gasteiger partial charge in [0.2, 0.25) is 0 Å². The number of benzene rings is 2. The van der Waals surface area contributed by atoms with Gasteiger partial charge in [-0.15, -0.1) is 0 Å². The summed E-state index contributed by atoms with van der Waals surface area (Å²) in [6.07, 6.45) is 0.992. The summed E-state index contributed by atoms with van der Waals surface area (Å²) in [5.41, 5.74) is 2.68. The summed E-state index contributed by atoms with van der Waals surface area (Å²) in [5, 5.41) is 2.90. The minimum Gasteiger partial charge on any atom is -0.493 e. The number of amides is 1. The van der Waals surface area contributed by atoms with Gasteiger partial charge in [0, 0.05) is 11.3 Å². The Morgan fingerprint density at radius 1 is 1.05 bits per heavy atom. The van der Waals surface area contributed by atoms with Crippen LogP contribution in [-0.2, 0) is 6.42 Å². The largest absolute Gasteiger partial charge is 0.493 e. The number of anilines is 1. The van der Waals surface area contributed by atoms with Gasteiger partial charge in [-0.05, 0) is 54.3 Å².